The first-order valence-corrected chi connectivity index (χ1v) is 7.82. The second kappa shape index (κ2) is 6.79. The first-order chi connectivity index (χ1) is 9.52. The molecule has 0 spiro atoms. The van der Waals surface area contributed by atoms with E-state index in [0.717, 1.165) is 24.7 Å². The van der Waals surface area contributed by atoms with Crippen LogP contribution in [0.3, 0.4) is 0 Å². The van der Waals surface area contributed by atoms with E-state index in [1.54, 1.807) is 0 Å². The van der Waals surface area contributed by atoms with Gasteiger partial charge in [-0.2, -0.15) is 0 Å². The van der Waals surface area contributed by atoms with E-state index in [9.17, 15) is 0 Å². The van der Waals surface area contributed by atoms with E-state index < -0.39 is 0 Å². The van der Waals surface area contributed by atoms with Crippen LogP contribution in [0.25, 0.3) is 0 Å². The van der Waals surface area contributed by atoms with Crippen molar-refractivity contribution in [3.8, 4) is 0 Å². The lowest BCUT2D eigenvalue weighted by molar-refractivity contribution is 0.337. The minimum atomic E-state index is 0.328. The Hall–Kier alpha value is -0.770. The summed E-state index contributed by atoms with van der Waals surface area (Å²) in [6.07, 6.45) is 1.19. The Morgan fingerprint density at radius 2 is 2.10 bits per heavy atom. The number of rotatable bonds is 3. The molecular formula is C16H26ClN3. The minimum Gasteiger partial charge on any atom is -0.366 e. The van der Waals surface area contributed by atoms with Gasteiger partial charge in [-0.25, -0.2) is 0 Å². The lowest BCUT2D eigenvalue weighted by Gasteiger charge is -2.31. The van der Waals surface area contributed by atoms with Crippen LogP contribution in [0.4, 0.5) is 5.69 Å². The predicted octanol–water partition coefficient (Wildman–Crippen LogP) is 3.15. The fraction of sp³-hybridized carbons (Fsp3) is 0.625. The number of hydrogen-bond acceptors (Lipinski definition) is 3. The largest absolute Gasteiger partial charge is 0.366 e. The molecule has 2 rings (SSSR count). The summed E-state index contributed by atoms with van der Waals surface area (Å²) in [5, 5.41) is 4.12. The average molecular weight is 296 g/mol. The molecule has 0 radical (unpaired) electrons. The zero-order chi connectivity index (χ0) is 14.7. The molecule has 1 aliphatic heterocycles. The summed E-state index contributed by atoms with van der Waals surface area (Å²) < 4.78 is 0. The first kappa shape index (κ1) is 15.6. The summed E-state index contributed by atoms with van der Waals surface area (Å²) in [4.78, 5) is 4.84. The van der Waals surface area contributed by atoms with E-state index in [0.29, 0.717) is 12.1 Å². The van der Waals surface area contributed by atoms with Gasteiger partial charge in [-0.05, 0) is 58.6 Å². The molecule has 0 saturated carbocycles. The van der Waals surface area contributed by atoms with Crippen molar-refractivity contribution in [1.29, 1.82) is 0 Å². The third-order valence-corrected chi connectivity index (χ3v) is 4.56. The van der Waals surface area contributed by atoms with Gasteiger partial charge in [0.15, 0.2) is 0 Å². The van der Waals surface area contributed by atoms with Crippen molar-refractivity contribution in [3.05, 3.63) is 28.8 Å². The monoisotopic (exact) mass is 295 g/mol. The third-order valence-electron chi connectivity index (χ3n) is 4.26. The number of nitrogens with zero attached hydrogens (tertiary/aromatic N) is 2. The Balaban J connectivity index is 2.23. The highest BCUT2D eigenvalue weighted by atomic mass is 35.5. The van der Waals surface area contributed by atoms with Crippen molar-refractivity contribution < 1.29 is 0 Å². The highest BCUT2D eigenvalue weighted by molar-refractivity contribution is 6.33. The van der Waals surface area contributed by atoms with Gasteiger partial charge in [0.05, 0.1) is 10.7 Å². The zero-order valence-corrected chi connectivity index (χ0v) is 13.7. The number of likely N-dealkylation sites (N-methyl/N-ethyl adjacent to an activating group) is 1. The van der Waals surface area contributed by atoms with Gasteiger partial charge in [0, 0.05) is 25.2 Å². The maximum Gasteiger partial charge on any atom is 0.0643 e. The lowest BCUT2D eigenvalue weighted by atomic mass is 10.1. The van der Waals surface area contributed by atoms with Crippen molar-refractivity contribution in [1.82, 2.24) is 10.2 Å². The molecule has 1 fully saturated rings. The van der Waals surface area contributed by atoms with E-state index in [1.165, 1.54) is 17.7 Å². The SMILES string of the molecule is CNC(C)c1ccc(N2CCCN(C)CC2C)c(Cl)c1. The first-order valence-electron chi connectivity index (χ1n) is 7.45. The van der Waals surface area contributed by atoms with Crippen molar-refractivity contribution in [2.75, 3.05) is 38.6 Å². The molecule has 112 valence electrons. The standard InChI is InChI=1S/C16H26ClN3/c1-12-11-19(4)8-5-9-20(12)16-7-6-14(10-15(16)17)13(2)18-3/h6-7,10,12-13,18H,5,8-9,11H2,1-4H3. The van der Waals surface area contributed by atoms with E-state index in [1.807, 2.05) is 7.05 Å². The van der Waals surface area contributed by atoms with Crippen molar-refractivity contribution in [3.63, 3.8) is 0 Å². The molecule has 2 atom stereocenters. The highest BCUT2D eigenvalue weighted by Crippen LogP contribution is 2.31. The summed E-state index contributed by atoms with van der Waals surface area (Å²) in [5.41, 5.74) is 2.40. The van der Waals surface area contributed by atoms with Crippen LogP contribution in [0.5, 0.6) is 0 Å². The second-order valence-corrected chi connectivity index (χ2v) is 6.29. The number of anilines is 1. The highest BCUT2D eigenvalue weighted by Gasteiger charge is 2.21. The van der Waals surface area contributed by atoms with Crippen LogP contribution < -0.4 is 10.2 Å². The van der Waals surface area contributed by atoms with E-state index in [4.69, 9.17) is 11.6 Å². The van der Waals surface area contributed by atoms with Gasteiger partial charge < -0.3 is 15.1 Å². The maximum absolute atomic E-state index is 6.54. The second-order valence-electron chi connectivity index (χ2n) is 5.88. The maximum atomic E-state index is 6.54. The Morgan fingerprint density at radius 3 is 2.75 bits per heavy atom. The van der Waals surface area contributed by atoms with Crippen LogP contribution in [0, 0.1) is 0 Å². The zero-order valence-electron chi connectivity index (χ0n) is 13.0. The molecule has 1 aliphatic rings. The quantitative estimate of drug-likeness (QED) is 0.924. The summed E-state index contributed by atoms with van der Waals surface area (Å²) in [5.74, 6) is 0. The Labute approximate surface area is 127 Å². The molecule has 1 aromatic rings. The molecule has 1 N–H and O–H groups in total. The van der Waals surface area contributed by atoms with Crippen LogP contribution in [0.1, 0.15) is 31.9 Å². The molecule has 1 aromatic carbocycles. The number of halogens is 1. The van der Waals surface area contributed by atoms with Gasteiger partial charge in [-0.15, -0.1) is 0 Å². The molecule has 0 aromatic heterocycles. The smallest absolute Gasteiger partial charge is 0.0643 e. The molecular weight excluding hydrogens is 270 g/mol. The topological polar surface area (TPSA) is 18.5 Å². The molecule has 0 bridgehead atoms. The van der Waals surface area contributed by atoms with Gasteiger partial charge in [0.1, 0.15) is 0 Å². The number of hydrogen-bond donors (Lipinski definition) is 1. The minimum absolute atomic E-state index is 0.328. The van der Waals surface area contributed by atoms with Gasteiger partial charge in [0.2, 0.25) is 0 Å². The molecule has 2 unspecified atom stereocenters. The molecule has 20 heavy (non-hydrogen) atoms. The normalized spacial score (nSPS) is 22.6. The Morgan fingerprint density at radius 1 is 1.35 bits per heavy atom. The van der Waals surface area contributed by atoms with Crippen LogP contribution in [0.15, 0.2) is 18.2 Å². The summed E-state index contributed by atoms with van der Waals surface area (Å²) in [6.45, 7) is 7.75. The third kappa shape index (κ3) is 3.46. The Kier molecular flexibility index (Phi) is 5.30. The summed E-state index contributed by atoms with van der Waals surface area (Å²) >= 11 is 6.54. The lowest BCUT2D eigenvalue weighted by Crippen LogP contribution is -2.38. The molecule has 4 heteroatoms. The van der Waals surface area contributed by atoms with Gasteiger partial charge >= 0.3 is 0 Å². The molecule has 1 heterocycles. The van der Waals surface area contributed by atoms with Crippen LogP contribution >= 0.6 is 11.6 Å². The molecule has 0 amide bonds. The Bertz CT molecular complexity index is 449. The predicted molar refractivity (Wildman–Crippen MR) is 87.8 cm³/mol. The molecule has 1 saturated heterocycles. The van der Waals surface area contributed by atoms with Crippen LogP contribution in [0.2, 0.25) is 5.02 Å². The van der Waals surface area contributed by atoms with Crippen LogP contribution in [-0.4, -0.2) is 44.7 Å². The summed E-state index contributed by atoms with van der Waals surface area (Å²) in [6, 6.07) is 7.28. The van der Waals surface area contributed by atoms with Crippen molar-refractivity contribution >= 4 is 17.3 Å². The van der Waals surface area contributed by atoms with Gasteiger partial charge in [-0.1, -0.05) is 17.7 Å². The van der Waals surface area contributed by atoms with E-state index in [-0.39, 0.29) is 0 Å². The van der Waals surface area contributed by atoms with Crippen LogP contribution in [-0.2, 0) is 0 Å². The van der Waals surface area contributed by atoms with E-state index >= 15 is 0 Å². The van der Waals surface area contributed by atoms with Gasteiger partial charge in [-0.3, -0.25) is 0 Å². The molecule has 0 aliphatic carbocycles. The number of benzene rings is 1. The van der Waals surface area contributed by atoms with E-state index in [2.05, 4.69) is 54.2 Å². The molecule has 3 nitrogen and oxygen atoms in total. The fourth-order valence-electron chi connectivity index (χ4n) is 2.92. The van der Waals surface area contributed by atoms with Crippen molar-refractivity contribution in [2.24, 2.45) is 0 Å². The van der Waals surface area contributed by atoms with Gasteiger partial charge in [0.25, 0.3) is 0 Å². The van der Waals surface area contributed by atoms with Crippen molar-refractivity contribution in [2.45, 2.75) is 32.4 Å². The summed E-state index contributed by atoms with van der Waals surface area (Å²) in [7, 11) is 4.17. The fourth-order valence-corrected chi connectivity index (χ4v) is 3.22. The average Bonchev–Trinajstić information content (AvgIpc) is 2.58. The number of nitrogens with one attached hydrogen (secondary N) is 1.